The number of thiazole rings is 1. The lowest BCUT2D eigenvalue weighted by molar-refractivity contribution is -0.120. The maximum Gasteiger partial charge on any atom is 0.410 e. The molecule has 2 aromatic carbocycles. The summed E-state index contributed by atoms with van der Waals surface area (Å²) in [4.78, 5) is 31.2. The zero-order valence-corrected chi connectivity index (χ0v) is 16.6. The van der Waals surface area contributed by atoms with Crippen molar-refractivity contribution in [3.63, 3.8) is 0 Å². The first-order chi connectivity index (χ1) is 14.2. The smallest absolute Gasteiger partial charge is 0.410 e. The van der Waals surface area contributed by atoms with Gasteiger partial charge in [0.05, 0.1) is 5.69 Å². The van der Waals surface area contributed by atoms with Crippen LogP contribution in [-0.4, -0.2) is 34.5 Å². The van der Waals surface area contributed by atoms with Gasteiger partial charge < -0.3 is 10.1 Å². The van der Waals surface area contributed by atoms with Gasteiger partial charge in [0.15, 0.2) is 5.13 Å². The van der Waals surface area contributed by atoms with Crippen molar-refractivity contribution < 1.29 is 14.3 Å². The highest BCUT2D eigenvalue weighted by molar-refractivity contribution is 7.14. The second kappa shape index (κ2) is 8.87. The molecule has 0 radical (unpaired) electrons. The Morgan fingerprint density at radius 3 is 2.59 bits per heavy atom. The molecule has 2 amide bonds. The number of amides is 2. The first-order valence-corrected chi connectivity index (χ1v) is 10.4. The van der Waals surface area contributed by atoms with Crippen LogP contribution >= 0.6 is 11.3 Å². The van der Waals surface area contributed by atoms with Crippen molar-refractivity contribution in [3.8, 4) is 11.3 Å². The van der Waals surface area contributed by atoms with Gasteiger partial charge in [-0.05, 0) is 18.4 Å². The maximum absolute atomic E-state index is 12.8. The Kier molecular flexibility index (Phi) is 5.86. The molecule has 6 nitrogen and oxygen atoms in total. The molecule has 1 aliphatic heterocycles. The zero-order valence-electron chi connectivity index (χ0n) is 15.8. The molecule has 0 saturated carbocycles. The number of carbonyl (C=O) groups excluding carboxylic acids is 2. The monoisotopic (exact) mass is 407 g/mol. The van der Waals surface area contributed by atoms with Gasteiger partial charge in [-0.2, -0.15) is 0 Å². The Labute approximate surface area is 173 Å². The zero-order chi connectivity index (χ0) is 20.1. The molecule has 29 heavy (non-hydrogen) atoms. The summed E-state index contributed by atoms with van der Waals surface area (Å²) >= 11 is 1.37. The first kappa shape index (κ1) is 19.1. The number of anilines is 1. The van der Waals surface area contributed by atoms with Crippen LogP contribution in [0.2, 0.25) is 0 Å². The molecule has 4 rings (SSSR count). The summed E-state index contributed by atoms with van der Waals surface area (Å²) in [6.07, 6.45) is 0.921. The van der Waals surface area contributed by atoms with E-state index in [0.717, 1.165) is 23.2 Å². The van der Waals surface area contributed by atoms with Crippen LogP contribution in [0.5, 0.6) is 0 Å². The van der Waals surface area contributed by atoms with Crippen LogP contribution in [0.15, 0.2) is 66.0 Å². The van der Waals surface area contributed by atoms with Gasteiger partial charge in [0, 0.05) is 17.5 Å². The molecule has 1 saturated heterocycles. The van der Waals surface area contributed by atoms with E-state index in [-0.39, 0.29) is 12.5 Å². The topological polar surface area (TPSA) is 71.5 Å². The Balaban J connectivity index is 1.36. The van der Waals surface area contributed by atoms with Gasteiger partial charge in [-0.25, -0.2) is 9.78 Å². The van der Waals surface area contributed by atoms with Gasteiger partial charge >= 0.3 is 6.09 Å². The number of aromatic nitrogens is 1. The number of benzene rings is 2. The van der Waals surface area contributed by atoms with Crippen LogP contribution in [0.3, 0.4) is 0 Å². The molecule has 1 aromatic heterocycles. The molecule has 7 heteroatoms. The van der Waals surface area contributed by atoms with E-state index in [1.165, 1.54) is 16.2 Å². The van der Waals surface area contributed by atoms with Crippen molar-refractivity contribution in [2.45, 2.75) is 25.5 Å². The number of carbonyl (C=O) groups is 2. The van der Waals surface area contributed by atoms with Crippen molar-refractivity contribution in [2.75, 3.05) is 11.9 Å². The standard InChI is InChI=1S/C22H21N3O3S/c26-20(24-21-23-18(15-29-21)17-10-5-2-6-11-17)19-12-7-13-25(19)22(27)28-14-16-8-3-1-4-9-16/h1-6,8-11,15,19H,7,12-14H2,(H,23,24,26)/t19-/m0/s1. The normalized spacial score (nSPS) is 15.9. The van der Waals surface area contributed by atoms with Gasteiger partial charge in [0.25, 0.3) is 0 Å². The van der Waals surface area contributed by atoms with Gasteiger partial charge in [0.1, 0.15) is 12.6 Å². The number of nitrogens with one attached hydrogen (secondary N) is 1. The van der Waals surface area contributed by atoms with Gasteiger partial charge in [-0.15, -0.1) is 11.3 Å². The van der Waals surface area contributed by atoms with E-state index < -0.39 is 12.1 Å². The van der Waals surface area contributed by atoms with E-state index in [4.69, 9.17) is 4.74 Å². The molecular formula is C22H21N3O3S. The van der Waals surface area contributed by atoms with E-state index in [0.29, 0.717) is 18.1 Å². The van der Waals surface area contributed by atoms with Crippen molar-refractivity contribution >= 4 is 28.5 Å². The second-order valence-corrected chi connectivity index (χ2v) is 7.64. The summed E-state index contributed by atoms with van der Waals surface area (Å²) < 4.78 is 5.40. The Bertz CT molecular complexity index is 975. The molecule has 0 aliphatic carbocycles. The van der Waals surface area contributed by atoms with E-state index >= 15 is 0 Å². The largest absolute Gasteiger partial charge is 0.445 e. The number of ether oxygens (including phenoxy) is 1. The van der Waals surface area contributed by atoms with Gasteiger partial charge in [-0.1, -0.05) is 60.7 Å². The lowest BCUT2D eigenvalue weighted by atomic mass is 10.2. The minimum Gasteiger partial charge on any atom is -0.445 e. The quantitative estimate of drug-likeness (QED) is 0.674. The van der Waals surface area contributed by atoms with E-state index in [9.17, 15) is 9.59 Å². The number of hydrogen-bond acceptors (Lipinski definition) is 5. The number of hydrogen-bond donors (Lipinski definition) is 1. The molecule has 1 N–H and O–H groups in total. The number of nitrogens with zero attached hydrogens (tertiary/aromatic N) is 2. The number of likely N-dealkylation sites (tertiary alicyclic amines) is 1. The fourth-order valence-electron chi connectivity index (χ4n) is 3.32. The summed E-state index contributed by atoms with van der Waals surface area (Å²) in [5.41, 5.74) is 2.73. The minimum absolute atomic E-state index is 0.192. The summed E-state index contributed by atoms with van der Waals surface area (Å²) in [5, 5.41) is 5.29. The van der Waals surface area contributed by atoms with Crippen LogP contribution in [-0.2, 0) is 16.1 Å². The van der Waals surface area contributed by atoms with E-state index in [2.05, 4.69) is 10.3 Å². The van der Waals surface area contributed by atoms with E-state index in [1.54, 1.807) is 0 Å². The molecule has 2 heterocycles. The molecule has 148 valence electrons. The fourth-order valence-corrected chi connectivity index (χ4v) is 4.04. The summed E-state index contributed by atoms with van der Waals surface area (Å²) in [7, 11) is 0. The lowest BCUT2D eigenvalue weighted by Gasteiger charge is -2.22. The summed E-state index contributed by atoms with van der Waals surface area (Å²) in [5.74, 6) is -0.229. The molecule has 3 aromatic rings. The van der Waals surface area contributed by atoms with Crippen molar-refractivity contribution in [2.24, 2.45) is 0 Å². The highest BCUT2D eigenvalue weighted by Crippen LogP contribution is 2.26. The van der Waals surface area contributed by atoms with Crippen LogP contribution in [0.25, 0.3) is 11.3 Å². The third kappa shape index (κ3) is 4.63. The van der Waals surface area contributed by atoms with Crippen LogP contribution < -0.4 is 5.32 Å². The molecule has 0 bridgehead atoms. The van der Waals surface area contributed by atoms with Crippen molar-refractivity contribution in [1.29, 1.82) is 0 Å². The molecular weight excluding hydrogens is 386 g/mol. The predicted octanol–water partition coefficient (Wildman–Crippen LogP) is 4.55. The van der Waals surface area contributed by atoms with Crippen molar-refractivity contribution in [1.82, 2.24) is 9.88 Å². The Morgan fingerprint density at radius 1 is 1.10 bits per heavy atom. The third-order valence-electron chi connectivity index (χ3n) is 4.80. The predicted molar refractivity (Wildman–Crippen MR) is 113 cm³/mol. The minimum atomic E-state index is -0.539. The Morgan fingerprint density at radius 2 is 1.83 bits per heavy atom. The average Bonchev–Trinajstić information content (AvgIpc) is 3.43. The van der Waals surface area contributed by atoms with Gasteiger partial charge in [-0.3, -0.25) is 9.69 Å². The van der Waals surface area contributed by atoms with Gasteiger partial charge in [0.2, 0.25) is 5.91 Å². The third-order valence-corrected chi connectivity index (χ3v) is 5.56. The van der Waals surface area contributed by atoms with Crippen molar-refractivity contribution in [3.05, 3.63) is 71.6 Å². The molecule has 1 aliphatic rings. The lowest BCUT2D eigenvalue weighted by Crippen LogP contribution is -2.43. The van der Waals surface area contributed by atoms with Crippen LogP contribution in [0.4, 0.5) is 9.93 Å². The summed E-state index contributed by atoms with van der Waals surface area (Å²) in [6.45, 7) is 0.705. The SMILES string of the molecule is O=C(Nc1nc(-c2ccccc2)cs1)[C@@H]1CCCN1C(=O)OCc1ccccc1. The van der Waals surface area contributed by atoms with Crippen LogP contribution in [0, 0.1) is 0 Å². The summed E-state index contributed by atoms with van der Waals surface area (Å²) in [6, 6.07) is 18.8. The molecule has 0 unspecified atom stereocenters. The first-order valence-electron chi connectivity index (χ1n) is 9.50. The fraction of sp³-hybridized carbons (Fsp3) is 0.227. The highest BCUT2D eigenvalue weighted by Gasteiger charge is 2.35. The Hall–Kier alpha value is -3.19. The second-order valence-electron chi connectivity index (χ2n) is 6.78. The van der Waals surface area contributed by atoms with Crippen LogP contribution in [0.1, 0.15) is 18.4 Å². The highest BCUT2D eigenvalue weighted by atomic mass is 32.1. The molecule has 1 fully saturated rings. The van der Waals surface area contributed by atoms with E-state index in [1.807, 2.05) is 66.0 Å². The molecule has 0 spiro atoms. The molecule has 1 atom stereocenters. The average molecular weight is 407 g/mol. The number of rotatable bonds is 5. The maximum atomic E-state index is 12.8.